The third-order valence-corrected chi connectivity index (χ3v) is 3.44. The molecule has 0 aliphatic rings. The number of hydrogen-bond acceptors (Lipinski definition) is 4. The molecule has 5 heteroatoms. The summed E-state index contributed by atoms with van der Waals surface area (Å²) in [5.41, 5.74) is 2.36. The summed E-state index contributed by atoms with van der Waals surface area (Å²) < 4.78 is 10.1. The molecule has 0 unspecified atom stereocenters. The molecule has 1 N–H and O–H groups in total. The van der Waals surface area contributed by atoms with Gasteiger partial charge in [-0.1, -0.05) is 30.3 Å². The quantitative estimate of drug-likeness (QED) is 0.620. The van der Waals surface area contributed by atoms with Crippen LogP contribution in [0, 0.1) is 0 Å². The lowest BCUT2D eigenvalue weighted by atomic mass is 10.1. The van der Waals surface area contributed by atoms with Gasteiger partial charge in [-0.3, -0.25) is 4.79 Å². The number of esters is 1. The molecule has 0 aromatic heterocycles. The van der Waals surface area contributed by atoms with Gasteiger partial charge in [0.2, 0.25) is 5.91 Å². The van der Waals surface area contributed by atoms with Crippen molar-refractivity contribution < 1.29 is 19.1 Å². The molecular formula is C20H21NO4. The van der Waals surface area contributed by atoms with Crippen molar-refractivity contribution in [1.29, 1.82) is 0 Å². The highest BCUT2D eigenvalue weighted by Crippen LogP contribution is 2.18. The molecule has 0 spiro atoms. The summed E-state index contributed by atoms with van der Waals surface area (Å²) in [6, 6.07) is 14.6. The van der Waals surface area contributed by atoms with Gasteiger partial charge in [-0.05, 0) is 36.8 Å². The molecule has 0 atom stereocenters. The van der Waals surface area contributed by atoms with Gasteiger partial charge in [-0.2, -0.15) is 0 Å². The first-order valence-corrected chi connectivity index (χ1v) is 7.99. The zero-order valence-electron chi connectivity index (χ0n) is 14.3. The second-order valence-electron chi connectivity index (χ2n) is 5.24. The topological polar surface area (TPSA) is 64.6 Å². The summed E-state index contributed by atoms with van der Waals surface area (Å²) in [6.45, 7) is 2.11. The number of carbonyl (C=O) groups excluding carboxylic acids is 2. The molecule has 0 fully saturated rings. The van der Waals surface area contributed by atoms with Crippen molar-refractivity contribution >= 4 is 23.6 Å². The number of amides is 1. The summed E-state index contributed by atoms with van der Waals surface area (Å²) in [7, 11) is 1.58. The molecule has 0 heterocycles. The smallest absolute Gasteiger partial charge is 0.330 e. The second-order valence-corrected chi connectivity index (χ2v) is 5.24. The lowest BCUT2D eigenvalue weighted by Crippen LogP contribution is -2.14. The number of hydrogen-bond donors (Lipinski definition) is 1. The van der Waals surface area contributed by atoms with E-state index in [9.17, 15) is 9.59 Å². The molecule has 0 saturated heterocycles. The number of methoxy groups -OCH3 is 1. The molecule has 2 rings (SSSR count). The first-order chi connectivity index (χ1) is 12.1. The van der Waals surface area contributed by atoms with Gasteiger partial charge in [0, 0.05) is 17.3 Å². The minimum absolute atomic E-state index is 0.126. The molecule has 130 valence electrons. The number of para-hydroxylation sites is 1. The highest BCUT2D eigenvalue weighted by molar-refractivity contribution is 5.93. The minimum atomic E-state index is -0.378. The number of ether oxygens (including phenoxy) is 2. The number of benzene rings is 2. The monoisotopic (exact) mass is 339 g/mol. The molecular weight excluding hydrogens is 318 g/mol. The fourth-order valence-electron chi connectivity index (χ4n) is 2.26. The average molecular weight is 339 g/mol. The van der Waals surface area contributed by atoms with Crippen LogP contribution in [0.25, 0.3) is 6.08 Å². The van der Waals surface area contributed by atoms with Gasteiger partial charge >= 0.3 is 5.97 Å². The van der Waals surface area contributed by atoms with Crippen LogP contribution in [0.4, 0.5) is 5.69 Å². The number of carbonyl (C=O) groups is 2. The number of nitrogens with one attached hydrogen (secondary N) is 1. The maximum Gasteiger partial charge on any atom is 0.330 e. The zero-order chi connectivity index (χ0) is 18.1. The van der Waals surface area contributed by atoms with E-state index in [4.69, 9.17) is 9.47 Å². The molecule has 1 amide bonds. The van der Waals surface area contributed by atoms with Gasteiger partial charge < -0.3 is 14.8 Å². The fraction of sp³-hybridized carbons (Fsp3) is 0.200. The maximum absolute atomic E-state index is 12.2. The van der Waals surface area contributed by atoms with Gasteiger partial charge in [-0.25, -0.2) is 4.79 Å². The van der Waals surface area contributed by atoms with Crippen LogP contribution in [0.5, 0.6) is 5.75 Å². The summed E-state index contributed by atoms with van der Waals surface area (Å²) >= 11 is 0. The van der Waals surface area contributed by atoms with Crippen molar-refractivity contribution in [3.63, 3.8) is 0 Å². The summed E-state index contributed by atoms with van der Waals surface area (Å²) in [5, 5.41) is 2.84. The molecule has 25 heavy (non-hydrogen) atoms. The Hall–Kier alpha value is -3.08. The standard InChI is InChI=1S/C20H21NO4/c1-3-25-20(23)13-10-15-8-11-17(12-9-15)21-19(22)14-16-6-4-5-7-18(16)24-2/h4-13H,3,14H2,1-2H3,(H,21,22)/b13-10+. The van der Waals surface area contributed by atoms with Crippen LogP contribution in [0.15, 0.2) is 54.6 Å². The van der Waals surface area contributed by atoms with Crippen LogP contribution >= 0.6 is 0 Å². The van der Waals surface area contributed by atoms with Gasteiger partial charge in [0.05, 0.1) is 20.1 Å². The fourth-order valence-corrected chi connectivity index (χ4v) is 2.26. The van der Waals surface area contributed by atoms with E-state index in [2.05, 4.69) is 5.32 Å². The Morgan fingerprint density at radius 1 is 1.08 bits per heavy atom. The second kappa shape index (κ2) is 9.27. The van der Waals surface area contributed by atoms with Crippen molar-refractivity contribution in [1.82, 2.24) is 0 Å². The van der Waals surface area contributed by atoms with E-state index in [1.807, 2.05) is 36.4 Å². The molecule has 0 saturated carbocycles. The lowest BCUT2D eigenvalue weighted by molar-refractivity contribution is -0.137. The van der Waals surface area contributed by atoms with Crippen LogP contribution in [0.1, 0.15) is 18.1 Å². The van der Waals surface area contributed by atoms with Crippen LogP contribution in [-0.2, 0) is 20.7 Å². The van der Waals surface area contributed by atoms with E-state index in [1.54, 1.807) is 32.2 Å². The van der Waals surface area contributed by atoms with Crippen LogP contribution in [0.2, 0.25) is 0 Å². The van der Waals surface area contributed by atoms with Gasteiger partial charge in [0.15, 0.2) is 0 Å². The molecule has 5 nitrogen and oxygen atoms in total. The van der Waals surface area contributed by atoms with Crippen molar-refractivity contribution in [2.24, 2.45) is 0 Å². The normalized spacial score (nSPS) is 10.5. The van der Waals surface area contributed by atoms with Crippen molar-refractivity contribution in [3.05, 3.63) is 65.7 Å². The van der Waals surface area contributed by atoms with E-state index in [1.165, 1.54) is 6.08 Å². The Labute approximate surface area is 147 Å². The Bertz CT molecular complexity index is 751. The maximum atomic E-state index is 12.2. The molecule has 0 radical (unpaired) electrons. The average Bonchev–Trinajstić information content (AvgIpc) is 2.62. The van der Waals surface area contributed by atoms with E-state index in [-0.39, 0.29) is 18.3 Å². The first-order valence-electron chi connectivity index (χ1n) is 7.99. The number of anilines is 1. The van der Waals surface area contributed by atoms with Gasteiger partial charge in [0.25, 0.3) is 0 Å². The Morgan fingerprint density at radius 3 is 2.48 bits per heavy atom. The molecule has 0 aliphatic heterocycles. The highest BCUT2D eigenvalue weighted by Gasteiger charge is 2.08. The van der Waals surface area contributed by atoms with Crippen LogP contribution in [0.3, 0.4) is 0 Å². The third kappa shape index (κ3) is 5.80. The SMILES string of the molecule is CCOC(=O)/C=C/c1ccc(NC(=O)Cc2ccccc2OC)cc1. The van der Waals surface area contributed by atoms with Crippen molar-refractivity contribution in [3.8, 4) is 5.75 Å². The van der Waals surface area contributed by atoms with Crippen LogP contribution < -0.4 is 10.1 Å². The van der Waals surface area contributed by atoms with E-state index < -0.39 is 0 Å². The van der Waals surface area contributed by atoms with Gasteiger partial charge in [0.1, 0.15) is 5.75 Å². The Balaban J connectivity index is 1.94. The van der Waals surface area contributed by atoms with E-state index in [0.717, 1.165) is 11.1 Å². The zero-order valence-corrected chi connectivity index (χ0v) is 14.3. The lowest BCUT2D eigenvalue weighted by Gasteiger charge is -2.09. The summed E-state index contributed by atoms with van der Waals surface area (Å²) in [4.78, 5) is 23.5. The van der Waals surface area contributed by atoms with Crippen molar-refractivity contribution in [2.45, 2.75) is 13.3 Å². The predicted octanol–water partition coefficient (Wildman–Crippen LogP) is 3.45. The Morgan fingerprint density at radius 2 is 1.80 bits per heavy atom. The third-order valence-electron chi connectivity index (χ3n) is 3.44. The van der Waals surface area contributed by atoms with E-state index >= 15 is 0 Å². The molecule has 0 aliphatic carbocycles. The van der Waals surface area contributed by atoms with Crippen LogP contribution in [-0.4, -0.2) is 25.6 Å². The first kappa shape index (κ1) is 18.3. The number of rotatable bonds is 7. The highest BCUT2D eigenvalue weighted by atomic mass is 16.5. The molecule has 0 bridgehead atoms. The predicted molar refractivity (Wildman–Crippen MR) is 97.4 cm³/mol. The van der Waals surface area contributed by atoms with Gasteiger partial charge in [-0.15, -0.1) is 0 Å². The summed E-state index contributed by atoms with van der Waals surface area (Å²) in [6.07, 6.45) is 3.27. The Kier molecular flexibility index (Phi) is 6.77. The van der Waals surface area contributed by atoms with E-state index in [0.29, 0.717) is 18.0 Å². The van der Waals surface area contributed by atoms with Crippen molar-refractivity contribution in [2.75, 3.05) is 19.0 Å². The molecule has 2 aromatic rings. The summed E-state index contributed by atoms with van der Waals surface area (Å²) in [5.74, 6) is 0.188. The molecule has 2 aromatic carbocycles. The minimum Gasteiger partial charge on any atom is -0.496 e. The largest absolute Gasteiger partial charge is 0.496 e.